The van der Waals surface area contributed by atoms with E-state index < -0.39 is 11.0 Å². The minimum atomic E-state index is -0.541. The van der Waals surface area contributed by atoms with Gasteiger partial charge in [0.2, 0.25) is 5.91 Å². The van der Waals surface area contributed by atoms with Crippen molar-refractivity contribution in [3.05, 3.63) is 82.0 Å². The van der Waals surface area contributed by atoms with E-state index in [2.05, 4.69) is 15.7 Å². The molecular weight excluding hydrogens is 414 g/mol. The molecule has 32 heavy (non-hydrogen) atoms. The van der Waals surface area contributed by atoms with Crippen molar-refractivity contribution in [3.63, 3.8) is 0 Å². The van der Waals surface area contributed by atoms with Crippen molar-refractivity contribution in [1.29, 1.82) is 0 Å². The monoisotopic (exact) mass is 437 g/mol. The molecule has 0 unspecified atom stereocenters. The predicted octanol–water partition coefficient (Wildman–Crippen LogP) is 3.73. The molecule has 0 saturated carbocycles. The van der Waals surface area contributed by atoms with E-state index in [-0.39, 0.29) is 24.6 Å². The normalized spacial score (nSPS) is 10.4. The maximum atomic E-state index is 12.3. The van der Waals surface area contributed by atoms with Crippen molar-refractivity contribution in [2.24, 2.45) is 0 Å². The summed E-state index contributed by atoms with van der Waals surface area (Å²) in [5.74, 6) is 0.212. The molecule has 0 saturated heterocycles. The average Bonchev–Trinajstić information content (AvgIpc) is 3.15. The summed E-state index contributed by atoms with van der Waals surface area (Å²) in [7, 11) is 0. The van der Waals surface area contributed by atoms with Crippen LogP contribution < -0.4 is 10.6 Å². The number of hydrogen-bond acceptors (Lipinski definition) is 6. The Hall–Kier alpha value is -4.21. The van der Waals surface area contributed by atoms with Gasteiger partial charge in [0.15, 0.2) is 0 Å². The molecule has 2 amide bonds. The average molecular weight is 437 g/mol. The van der Waals surface area contributed by atoms with Crippen LogP contribution in [0.15, 0.2) is 60.7 Å². The molecule has 2 N–H and O–H groups in total. The first kappa shape index (κ1) is 22.5. The molecule has 3 aromatic rings. The van der Waals surface area contributed by atoms with Gasteiger partial charge in [-0.3, -0.25) is 14.9 Å². The molecule has 10 heteroatoms. The Morgan fingerprint density at radius 3 is 2.53 bits per heavy atom. The molecule has 1 heterocycles. The van der Waals surface area contributed by atoms with Crippen molar-refractivity contribution < 1.29 is 19.2 Å². The highest BCUT2D eigenvalue weighted by Crippen LogP contribution is 2.20. The highest BCUT2D eigenvalue weighted by Gasteiger charge is 2.13. The number of alkyl carbamates (subject to hydrolysis) is 1. The summed E-state index contributed by atoms with van der Waals surface area (Å²) in [6.45, 7) is 2.25. The van der Waals surface area contributed by atoms with E-state index in [4.69, 9.17) is 4.74 Å². The van der Waals surface area contributed by atoms with E-state index in [1.165, 1.54) is 16.8 Å². The molecule has 10 nitrogen and oxygen atoms in total. The fraction of sp³-hybridized carbons (Fsp3) is 0.227. The molecule has 0 spiro atoms. The van der Waals surface area contributed by atoms with Crippen LogP contribution in [0.4, 0.5) is 16.3 Å². The quantitative estimate of drug-likeness (QED) is 0.298. The largest absolute Gasteiger partial charge is 0.445 e. The summed E-state index contributed by atoms with van der Waals surface area (Å²) in [6.07, 6.45) is 0.0709. The number of nitro groups is 1. The zero-order chi connectivity index (χ0) is 22.9. The number of rotatable bonds is 9. The van der Waals surface area contributed by atoms with Gasteiger partial charge in [-0.2, -0.15) is 5.10 Å². The van der Waals surface area contributed by atoms with Gasteiger partial charge < -0.3 is 15.4 Å². The fourth-order valence-corrected chi connectivity index (χ4v) is 2.92. The zero-order valence-corrected chi connectivity index (χ0v) is 17.5. The van der Waals surface area contributed by atoms with E-state index >= 15 is 0 Å². The van der Waals surface area contributed by atoms with Gasteiger partial charge >= 0.3 is 6.09 Å². The van der Waals surface area contributed by atoms with Crippen molar-refractivity contribution in [2.75, 3.05) is 11.9 Å². The summed E-state index contributed by atoms with van der Waals surface area (Å²) in [5.41, 5.74) is 2.13. The Bertz CT molecular complexity index is 1080. The van der Waals surface area contributed by atoms with E-state index in [0.717, 1.165) is 5.56 Å². The second-order valence-electron chi connectivity index (χ2n) is 7.00. The summed E-state index contributed by atoms with van der Waals surface area (Å²) in [5, 5.41) is 20.6. The van der Waals surface area contributed by atoms with Crippen LogP contribution in [0.2, 0.25) is 0 Å². The number of non-ortho nitro benzene ring substituents is 1. The van der Waals surface area contributed by atoms with Gasteiger partial charge in [0.1, 0.15) is 12.4 Å². The number of carbonyl (C=O) groups is 2. The summed E-state index contributed by atoms with van der Waals surface area (Å²) >= 11 is 0. The van der Waals surface area contributed by atoms with Crippen molar-refractivity contribution >= 4 is 23.5 Å². The molecule has 2 aromatic carbocycles. The number of nitro benzene ring substituents is 1. The molecule has 166 valence electrons. The summed E-state index contributed by atoms with van der Waals surface area (Å²) < 4.78 is 6.63. The van der Waals surface area contributed by atoms with Crippen LogP contribution in [0.1, 0.15) is 24.1 Å². The lowest BCUT2D eigenvalue weighted by molar-refractivity contribution is -0.384. The third-order valence-corrected chi connectivity index (χ3v) is 4.47. The van der Waals surface area contributed by atoms with Gasteiger partial charge in [0.25, 0.3) is 5.69 Å². The molecule has 0 aliphatic heterocycles. The van der Waals surface area contributed by atoms with Crippen molar-refractivity contribution in [3.8, 4) is 5.69 Å². The molecule has 1 aromatic heterocycles. The van der Waals surface area contributed by atoms with Crippen LogP contribution >= 0.6 is 0 Å². The maximum Gasteiger partial charge on any atom is 0.407 e. The molecular formula is C22H23N5O5. The third-order valence-electron chi connectivity index (χ3n) is 4.47. The number of hydrogen-bond donors (Lipinski definition) is 2. The number of amides is 2. The number of nitrogens with one attached hydrogen (secondary N) is 2. The first-order valence-corrected chi connectivity index (χ1v) is 9.98. The standard InChI is InChI=1S/C22H23N5O5/c1-16-14-20(26(25-16)18-9-11-19(12-10-18)27(30)31)24-21(28)8-5-13-23-22(29)32-15-17-6-3-2-4-7-17/h2-4,6-7,9-12,14H,5,8,13,15H2,1H3,(H,23,29)(H,24,28). The number of aryl methyl sites for hydroxylation is 1. The molecule has 0 fully saturated rings. The van der Waals surface area contributed by atoms with Gasteiger partial charge in [-0.15, -0.1) is 0 Å². The lowest BCUT2D eigenvalue weighted by Gasteiger charge is -2.09. The fourth-order valence-electron chi connectivity index (χ4n) is 2.92. The van der Waals surface area contributed by atoms with Gasteiger partial charge in [-0.25, -0.2) is 9.48 Å². The minimum absolute atomic E-state index is 0.0296. The summed E-state index contributed by atoms with van der Waals surface area (Å²) in [6, 6.07) is 16.9. The second-order valence-corrected chi connectivity index (χ2v) is 7.00. The Kier molecular flexibility index (Phi) is 7.52. The Labute approximate surface area is 184 Å². The third kappa shape index (κ3) is 6.39. The Balaban J connectivity index is 1.45. The highest BCUT2D eigenvalue weighted by atomic mass is 16.6. The lowest BCUT2D eigenvalue weighted by atomic mass is 10.2. The van der Waals surface area contributed by atoms with Crippen LogP contribution in [0, 0.1) is 17.0 Å². The second kappa shape index (κ2) is 10.7. The molecule has 0 bridgehead atoms. The van der Waals surface area contributed by atoms with Gasteiger partial charge in [-0.1, -0.05) is 30.3 Å². The number of aromatic nitrogens is 2. The van der Waals surface area contributed by atoms with Crippen LogP contribution in [-0.4, -0.2) is 33.2 Å². The van der Waals surface area contributed by atoms with Gasteiger partial charge in [0, 0.05) is 31.2 Å². The smallest absolute Gasteiger partial charge is 0.407 e. The minimum Gasteiger partial charge on any atom is -0.445 e. The molecule has 3 rings (SSSR count). The maximum absolute atomic E-state index is 12.3. The first-order valence-electron chi connectivity index (χ1n) is 9.98. The number of benzene rings is 2. The molecule has 0 aliphatic rings. The van der Waals surface area contributed by atoms with E-state index in [1.54, 1.807) is 25.1 Å². The number of carbonyl (C=O) groups excluding carboxylic acids is 2. The van der Waals surface area contributed by atoms with E-state index in [9.17, 15) is 19.7 Å². The molecule has 0 atom stereocenters. The zero-order valence-electron chi connectivity index (χ0n) is 17.5. The van der Waals surface area contributed by atoms with E-state index in [0.29, 0.717) is 30.2 Å². The molecule has 0 radical (unpaired) electrons. The van der Waals surface area contributed by atoms with Crippen LogP contribution in [-0.2, 0) is 16.1 Å². The van der Waals surface area contributed by atoms with Crippen LogP contribution in [0.5, 0.6) is 0 Å². The Morgan fingerprint density at radius 2 is 1.84 bits per heavy atom. The van der Waals surface area contributed by atoms with Gasteiger partial charge in [0.05, 0.1) is 16.3 Å². The molecule has 0 aliphatic carbocycles. The topological polar surface area (TPSA) is 128 Å². The van der Waals surface area contributed by atoms with E-state index in [1.807, 2.05) is 30.3 Å². The van der Waals surface area contributed by atoms with Crippen molar-refractivity contribution in [2.45, 2.75) is 26.4 Å². The lowest BCUT2D eigenvalue weighted by Crippen LogP contribution is -2.26. The number of anilines is 1. The number of nitrogens with zero attached hydrogens (tertiary/aromatic N) is 3. The summed E-state index contributed by atoms with van der Waals surface area (Å²) in [4.78, 5) is 34.4. The van der Waals surface area contributed by atoms with Crippen molar-refractivity contribution in [1.82, 2.24) is 15.1 Å². The highest BCUT2D eigenvalue weighted by molar-refractivity contribution is 5.90. The predicted molar refractivity (Wildman–Crippen MR) is 117 cm³/mol. The first-order chi connectivity index (χ1) is 15.4. The number of ether oxygens (including phenoxy) is 1. The Morgan fingerprint density at radius 1 is 1.12 bits per heavy atom. The van der Waals surface area contributed by atoms with Crippen LogP contribution in [0.3, 0.4) is 0 Å². The van der Waals surface area contributed by atoms with Gasteiger partial charge in [-0.05, 0) is 31.0 Å². The SMILES string of the molecule is Cc1cc(NC(=O)CCCNC(=O)OCc2ccccc2)n(-c2ccc([N+](=O)[O-])cc2)n1. The van der Waals surface area contributed by atoms with Crippen LogP contribution in [0.25, 0.3) is 5.69 Å².